The fourth-order valence-electron chi connectivity index (χ4n) is 2.52. The van der Waals surface area contributed by atoms with Crippen molar-refractivity contribution >= 4 is 11.9 Å². The zero-order valence-electron chi connectivity index (χ0n) is 11.4. The van der Waals surface area contributed by atoms with Crippen molar-refractivity contribution in [3.63, 3.8) is 0 Å². The van der Waals surface area contributed by atoms with Gasteiger partial charge in [0.1, 0.15) is 6.54 Å². The molecule has 0 spiro atoms. The van der Waals surface area contributed by atoms with E-state index in [9.17, 15) is 9.59 Å². The lowest BCUT2D eigenvalue weighted by Gasteiger charge is -2.34. The van der Waals surface area contributed by atoms with Crippen molar-refractivity contribution < 1.29 is 9.59 Å². The lowest BCUT2D eigenvalue weighted by molar-refractivity contribution is -0.135. The summed E-state index contributed by atoms with van der Waals surface area (Å²) in [4.78, 5) is 27.5. The number of hydrogen-bond acceptors (Lipinski definition) is 2. The molecule has 1 aliphatic heterocycles. The summed E-state index contributed by atoms with van der Waals surface area (Å²) in [5.74, 6) is 0.0774. The van der Waals surface area contributed by atoms with Gasteiger partial charge in [0.25, 0.3) is 0 Å². The van der Waals surface area contributed by atoms with Crippen LogP contribution in [0.2, 0.25) is 0 Å². The first-order chi connectivity index (χ1) is 9.74. The highest BCUT2D eigenvalue weighted by atomic mass is 16.2. The molecule has 1 saturated heterocycles. The van der Waals surface area contributed by atoms with Crippen molar-refractivity contribution in [3.8, 4) is 0 Å². The molecule has 0 aromatic heterocycles. The van der Waals surface area contributed by atoms with E-state index in [-0.39, 0.29) is 18.5 Å². The van der Waals surface area contributed by atoms with Crippen LogP contribution < -0.4 is 5.32 Å². The Kier molecular flexibility index (Phi) is 3.58. The molecule has 1 heterocycles. The van der Waals surface area contributed by atoms with Gasteiger partial charge in [0.2, 0.25) is 5.91 Å². The number of amides is 3. The van der Waals surface area contributed by atoms with Crippen molar-refractivity contribution in [2.75, 3.05) is 19.6 Å². The molecular weight excluding hydrogens is 254 g/mol. The highest BCUT2D eigenvalue weighted by Gasteiger charge is 2.36. The van der Waals surface area contributed by atoms with Gasteiger partial charge in [-0.05, 0) is 18.4 Å². The van der Waals surface area contributed by atoms with E-state index < -0.39 is 0 Å². The van der Waals surface area contributed by atoms with Gasteiger partial charge < -0.3 is 15.1 Å². The Balaban J connectivity index is 1.49. The van der Waals surface area contributed by atoms with E-state index in [1.807, 2.05) is 35.2 Å². The summed E-state index contributed by atoms with van der Waals surface area (Å²) < 4.78 is 0. The summed E-state index contributed by atoms with van der Waals surface area (Å²) >= 11 is 0. The highest BCUT2D eigenvalue weighted by Crippen LogP contribution is 2.27. The number of piperazine rings is 1. The quantitative estimate of drug-likeness (QED) is 0.900. The zero-order chi connectivity index (χ0) is 13.9. The van der Waals surface area contributed by atoms with Crippen molar-refractivity contribution in [3.05, 3.63) is 35.9 Å². The van der Waals surface area contributed by atoms with Gasteiger partial charge in [-0.2, -0.15) is 0 Å². The van der Waals surface area contributed by atoms with E-state index in [0.717, 1.165) is 18.4 Å². The van der Waals surface area contributed by atoms with Crippen LogP contribution >= 0.6 is 0 Å². The number of benzene rings is 1. The van der Waals surface area contributed by atoms with Crippen LogP contribution in [0.15, 0.2) is 30.3 Å². The van der Waals surface area contributed by atoms with Crippen LogP contribution in [0, 0.1) is 0 Å². The number of nitrogens with zero attached hydrogens (tertiary/aromatic N) is 2. The number of nitrogens with one attached hydrogen (secondary N) is 1. The van der Waals surface area contributed by atoms with Crippen LogP contribution in [0.3, 0.4) is 0 Å². The van der Waals surface area contributed by atoms with Crippen LogP contribution in [-0.4, -0.2) is 47.4 Å². The number of urea groups is 1. The minimum absolute atomic E-state index is 0.0774. The van der Waals surface area contributed by atoms with Crippen molar-refractivity contribution in [2.24, 2.45) is 0 Å². The van der Waals surface area contributed by atoms with Gasteiger partial charge in [-0.15, -0.1) is 0 Å². The van der Waals surface area contributed by atoms with Crippen LogP contribution in [0.4, 0.5) is 4.79 Å². The minimum Gasteiger partial charge on any atom is -0.336 e. The lowest BCUT2D eigenvalue weighted by Crippen LogP contribution is -2.55. The van der Waals surface area contributed by atoms with E-state index in [0.29, 0.717) is 25.7 Å². The normalized spacial score (nSPS) is 19.1. The Hall–Kier alpha value is -2.04. The van der Waals surface area contributed by atoms with E-state index in [1.54, 1.807) is 4.90 Å². The van der Waals surface area contributed by atoms with Crippen LogP contribution in [-0.2, 0) is 11.3 Å². The average Bonchev–Trinajstić information content (AvgIpc) is 3.30. The van der Waals surface area contributed by atoms with Crippen LogP contribution in [0.1, 0.15) is 18.4 Å². The first-order valence-corrected chi connectivity index (χ1v) is 7.10. The Labute approximate surface area is 118 Å². The van der Waals surface area contributed by atoms with Gasteiger partial charge in [0, 0.05) is 25.7 Å². The Morgan fingerprint density at radius 2 is 1.95 bits per heavy atom. The van der Waals surface area contributed by atoms with Gasteiger partial charge in [-0.25, -0.2) is 4.79 Å². The van der Waals surface area contributed by atoms with E-state index in [2.05, 4.69) is 5.32 Å². The van der Waals surface area contributed by atoms with E-state index in [4.69, 9.17) is 0 Å². The molecule has 20 heavy (non-hydrogen) atoms. The monoisotopic (exact) mass is 273 g/mol. The Morgan fingerprint density at radius 3 is 2.60 bits per heavy atom. The van der Waals surface area contributed by atoms with Gasteiger partial charge in [0.05, 0.1) is 0 Å². The van der Waals surface area contributed by atoms with Gasteiger partial charge in [-0.3, -0.25) is 4.79 Å². The molecule has 1 aromatic carbocycles. The SMILES string of the molecule is O=C(NCc1ccccc1)N1CCN(C2CC2)C(=O)C1. The molecular formula is C15H19N3O2. The molecule has 1 aromatic rings. The fourth-order valence-corrected chi connectivity index (χ4v) is 2.52. The van der Waals surface area contributed by atoms with Crippen molar-refractivity contribution in [1.82, 2.24) is 15.1 Å². The smallest absolute Gasteiger partial charge is 0.318 e. The molecule has 0 bridgehead atoms. The third-order valence-corrected chi connectivity index (χ3v) is 3.82. The second-order valence-corrected chi connectivity index (χ2v) is 5.38. The molecule has 3 amide bonds. The zero-order valence-corrected chi connectivity index (χ0v) is 11.4. The third-order valence-electron chi connectivity index (χ3n) is 3.82. The molecule has 0 unspecified atom stereocenters. The molecule has 0 radical (unpaired) electrons. The van der Waals surface area contributed by atoms with Crippen molar-refractivity contribution in [2.45, 2.75) is 25.4 Å². The topological polar surface area (TPSA) is 52.7 Å². The van der Waals surface area contributed by atoms with Crippen LogP contribution in [0.25, 0.3) is 0 Å². The predicted molar refractivity (Wildman–Crippen MR) is 75.0 cm³/mol. The second-order valence-electron chi connectivity index (χ2n) is 5.38. The standard InChI is InChI=1S/C15H19N3O2/c19-14-11-17(8-9-18(14)13-6-7-13)15(20)16-10-12-4-2-1-3-5-12/h1-5,13H,6-11H2,(H,16,20). The number of carbonyl (C=O) groups is 2. The third kappa shape index (κ3) is 2.92. The summed E-state index contributed by atoms with van der Waals surface area (Å²) in [6.07, 6.45) is 2.23. The van der Waals surface area contributed by atoms with Gasteiger partial charge in [-0.1, -0.05) is 30.3 Å². The molecule has 0 atom stereocenters. The number of hydrogen-bond donors (Lipinski definition) is 1. The maximum Gasteiger partial charge on any atom is 0.318 e. The molecule has 5 nitrogen and oxygen atoms in total. The summed E-state index contributed by atoms with van der Waals surface area (Å²) in [5.41, 5.74) is 1.06. The second kappa shape index (κ2) is 5.53. The van der Waals surface area contributed by atoms with Crippen molar-refractivity contribution in [1.29, 1.82) is 0 Å². The van der Waals surface area contributed by atoms with Gasteiger partial charge in [0.15, 0.2) is 0 Å². The fraction of sp³-hybridized carbons (Fsp3) is 0.467. The van der Waals surface area contributed by atoms with Crippen LogP contribution in [0.5, 0.6) is 0 Å². The molecule has 106 valence electrons. The van der Waals surface area contributed by atoms with E-state index >= 15 is 0 Å². The summed E-state index contributed by atoms with van der Waals surface area (Å²) in [5, 5.41) is 2.87. The average molecular weight is 273 g/mol. The van der Waals surface area contributed by atoms with Gasteiger partial charge >= 0.3 is 6.03 Å². The minimum atomic E-state index is -0.155. The molecule has 5 heteroatoms. The van der Waals surface area contributed by atoms with E-state index in [1.165, 1.54) is 0 Å². The summed E-state index contributed by atoms with van der Waals surface area (Å²) in [7, 11) is 0. The molecule has 1 N–H and O–H groups in total. The largest absolute Gasteiger partial charge is 0.336 e. The molecule has 1 aliphatic carbocycles. The summed E-state index contributed by atoms with van der Waals surface area (Å²) in [6, 6.07) is 10.1. The first-order valence-electron chi connectivity index (χ1n) is 7.10. The first kappa shape index (κ1) is 13.0. The molecule has 2 fully saturated rings. The molecule has 2 aliphatic rings. The molecule has 1 saturated carbocycles. The Morgan fingerprint density at radius 1 is 1.20 bits per heavy atom. The maximum absolute atomic E-state index is 12.1. The maximum atomic E-state index is 12.1. The predicted octanol–water partition coefficient (Wildman–Crippen LogP) is 1.20. The molecule has 3 rings (SSSR count). The number of carbonyl (C=O) groups excluding carboxylic acids is 2. The number of rotatable bonds is 3. The summed E-state index contributed by atoms with van der Waals surface area (Å²) in [6.45, 7) is 2.00. The lowest BCUT2D eigenvalue weighted by atomic mass is 10.2. The Bertz CT molecular complexity index is 499. The highest BCUT2D eigenvalue weighted by molar-refractivity contribution is 5.85.